The minimum absolute atomic E-state index is 0.109. The Morgan fingerprint density at radius 3 is 2.21 bits per heavy atom. The van der Waals surface area contributed by atoms with Gasteiger partial charge in [0.25, 0.3) is 5.91 Å². The van der Waals surface area contributed by atoms with Crippen LogP contribution in [0, 0.1) is 0 Å². The summed E-state index contributed by atoms with van der Waals surface area (Å²) >= 11 is 12.4. The SMILES string of the molecule is CCN(C(=O)c1ccc(OC)c(C(F)(F)F)c1)[C@@H]1CN(C(=O)N2CCN(S(C)(=O)=O)CC2)C[C@H]1c1ccc(Cl)c(Cl)c1. The first-order valence-corrected chi connectivity index (χ1v) is 15.8. The monoisotopic (exact) mass is 650 g/mol. The third-order valence-electron chi connectivity index (χ3n) is 7.66. The predicted octanol–water partition coefficient (Wildman–Crippen LogP) is 4.65. The molecule has 3 amide bonds. The number of piperazine rings is 1. The van der Waals surface area contributed by atoms with Gasteiger partial charge in [-0.05, 0) is 42.8 Å². The van der Waals surface area contributed by atoms with Crippen LogP contribution < -0.4 is 4.74 Å². The normalized spacial score (nSPS) is 20.1. The number of methoxy groups -OCH3 is 1. The Kier molecular flexibility index (Phi) is 9.56. The molecule has 0 radical (unpaired) electrons. The number of alkyl halides is 3. The number of ether oxygens (including phenoxy) is 1. The number of carbonyl (C=O) groups excluding carboxylic acids is 2. The number of rotatable bonds is 6. The molecule has 2 aromatic carbocycles. The molecule has 0 bridgehead atoms. The van der Waals surface area contributed by atoms with Gasteiger partial charge in [0, 0.05) is 57.3 Å². The average Bonchev–Trinajstić information content (AvgIpc) is 3.38. The highest BCUT2D eigenvalue weighted by Crippen LogP contribution is 2.38. The molecular formula is C27H31Cl2F3N4O5S. The number of carbonyl (C=O) groups is 2. The fraction of sp³-hybridized carbons (Fsp3) is 0.481. The summed E-state index contributed by atoms with van der Waals surface area (Å²) in [6.07, 6.45) is -3.62. The minimum Gasteiger partial charge on any atom is -0.496 e. The molecular weight excluding hydrogens is 620 g/mol. The largest absolute Gasteiger partial charge is 0.496 e. The van der Waals surface area contributed by atoms with E-state index >= 15 is 0 Å². The van der Waals surface area contributed by atoms with Crippen molar-refractivity contribution in [3.8, 4) is 5.75 Å². The fourth-order valence-corrected chi connectivity index (χ4v) is 6.63. The van der Waals surface area contributed by atoms with Crippen LogP contribution in [-0.4, -0.2) is 105 Å². The second-order valence-corrected chi connectivity index (χ2v) is 13.0. The van der Waals surface area contributed by atoms with Crippen molar-refractivity contribution in [3.63, 3.8) is 0 Å². The molecule has 2 aliphatic heterocycles. The van der Waals surface area contributed by atoms with Crippen LogP contribution in [0.2, 0.25) is 10.0 Å². The zero-order chi connectivity index (χ0) is 31.0. The molecule has 0 N–H and O–H groups in total. The number of halogens is 5. The van der Waals surface area contributed by atoms with Crippen LogP contribution in [0.25, 0.3) is 0 Å². The van der Waals surface area contributed by atoms with Gasteiger partial charge in [-0.25, -0.2) is 13.2 Å². The molecule has 2 aliphatic rings. The Morgan fingerprint density at radius 1 is 1.00 bits per heavy atom. The van der Waals surface area contributed by atoms with Crippen LogP contribution in [-0.2, 0) is 16.2 Å². The average molecular weight is 652 g/mol. The lowest BCUT2D eigenvalue weighted by Crippen LogP contribution is -2.54. The van der Waals surface area contributed by atoms with Crippen molar-refractivity contribution in [2.75, 3.05) is 59.2 Å². The summed E-state index contributed by atoms with van der Waals surface area (Å²) in [5.74, 6) is -1.45. The molecule has 2 saturated heterocycles. The van der Waals surface area contributed by atoms with Gasteiger partial charge >= 0.3 is 12.2 Å². The first-order valence-electron chi connectivity index (χ1n) is 13.2. The molecule has 230 valence electrons. The molecule has 9 nitrogen and oxygen atoms in total. The highest BCUT2D eigenvalue weighted by Gasteiger charge is 2.43. The molecule has 15 heteroatoms. The van der Waals surface area contributed by atoms with Gasteiger partial charge in [-0.3, -0.25) is 4.79 Å². The number of hydrogen-bond donors (Lipinski definition) is 0. The van der Waals surface area contributed by atoms with Crippen molar-refractivity contribution in [2.24, 2.45) is 0 Å². The quantitative estimate of drug-likeness (QED) is 0.454. The summed E-state index contributed by atoms with van der Waals surface area (Å²) in [6, 6.07) is 7.28. The summed E-state index contributed by atoms with van der Waals surface area (Å²) < 4.78 is 71.1. The van der Waals surface area contributed by atoms with Crippen molar-refractivity contribution >= 4 is 45.2 Å². The van der Waals surface area contributed by atoms with Crippen LogP contribution in [0.1, 0.15) is 34.3 Å². The van der Waals surface area contributed by atoms with Gasteiger partial charge in [-0.2, -0.15) is 17.5 Å². The van der Waals surface area contributed by atoms with Crippen molar-refractivity contribution in [2.45, 2.75) is 25.1 Å². The van der Waals surface area contributed by atoms with Crippen LogP contribution >= 0.6 is 23.2 Å². The van der Waals surface area contributed by atoms with E-state index in [1.165, 1.54) is 15.3 Å². The van der Waals surface area contributed by atoms with Gasteiger partial charge in [0.15, 0.2) is 0 Å². The van der Waals surface area contributed by atoms with Crippen LogP contribution in [0.4, 0.5) is 18.0 Å². The summed E-state index contributed by atoms with van der Waals surface area (Å²) in [5, 5.41) is 0.613. The predicted molar refractivity (Wildman–Crippen MR) is 153 cm³/mol. The van der Waals surface area contributed by atoms with Gasteiger partial charge in [0.05, 0.1) is 35.0 Å². The minimum atomic E-state index is -4.74. The maximum atomic E-state index is 13.7. The molecule has 2 aromatic rings. The van der Waals surface area contributed by atoms with Crippen molar-refractivity contribution in [1.29, 1.82) is 0 Å². The molecule has 2 heterocycles. The maximum Gasteiger partial charge on any atom is 0.419 e. The highest BCUT2D eigenvalue weighted by atomic mass is 35.5. The lowest BCUT2D eigenvalue weighted by atomic mass is 9.92. The summed E-state index contributed by atoms with van der Waals surface area (Å²) in [7, 11) is -2.26. The molecule has 0 spiro atoms. The van der Waals surface area contributed by atoms with Gasteiger partial charge in [-0.1, -0.05) is 29.3 Å². The Hall–Kier alpha value is -2.74. The van der Waals surface area contributed by atoms with E-state index in [4.69, 9.17) is 27.9 Å². The highest BCUT2D eigenvalue weighted by molar-refractivity contribution is 7.88. The molecule has 42 heavy (non-hydrogen) atoms. The topological polar surface area (TPSA) is 90.5 Å². The van der Waals surface area contributed by atoms with Gasteiger partial charge < -0.3 is 19.4 Å². The van der Waals surface area contributed by atoms with E-state index in [0.29, 0.717) is 10.6 Å². The standard InChI is InChI=1S/C27H31Cl2F3N4O5S/c1-4-36(25(37)18-6-8-24(41-2)20(13-18)27(30,31)32)23-16-34(15-19(23)17-5-7-21(28)22(29)14-17)26(38)33-9-11-35(12-10-33)42(3,39)40/h5-8,13-14,19,23H,4,9-12,15-16H2,1-3H3/t19-,23+/m0/s1. The molecule has 4 rings (SSSR count). The fourth-order valence-electron chi connectivity index (χ4n) is 5.50. The van der Waals surface area contributed by atoms with Crippen LogP contribution in [0.5, 0.6) is 5.75 Å². The number of likely N-dealkylation sites (N-methyl/N-ethyl adjacent to an activating group) is 1. The van der Waals surface area contributed by atoms with Gasteiger partial charge in [0.2, 0.25) is 10.0 Å². The van der Waals surface area contributed by atoms with E-state index < -0.39 is 45.4 Å². The number of urea groups is 1. The maximum absolute atomic E-state index is 13.7. The second kappa shape index (κ2) is 12.5. The number of sulfonamides is 1. The molecule has 0 saturated carbocycles. The Bertz CT molecular complexity index is 1450. The van der Waals surface area contributed by atoms with Crippen molar-refractivity contribution in [1.82, 2.24) is 19.0 Å². The smallest absolute Gasteiger partial charge is 0.419 e. The molecule has 2 atom stereocenters. The zero-order valence-electron chi connectivity index (χ0n) is 23.2. The van der Waals surface area contributed by atoms with E-state index in [1.54, 1.807) is 34.9 Å². The zero-order valence-corrected chi connectivity index (χ0v) is 25.5. The van der Waals surface area contributed by atoms with Crippen LogP contribution in [0.3, 0.4) is 0 Å². The molecule has 0 aromatic heterocycles. The number of hydrogen-bond acceptors (Lipinski definition) is 5. The Balaban J connectivity index is 1.65. The van der Waals surface area contributed by atoms with E-state index in [1.807, 2.05) is 0 Å². The Labute approximate surface area is 252 Å². The summed E-state index contributed by atoms with van der Waals surface area (Å²) in [4.78, 5) is 31.9. The number of nitrogens with zero attached hydrogens (tertiary/aromatic N) is 4. The molecule has 0 aliphatic carbocycles. The van der Waals surface area contributed by atoms with E-state index in [0.717, 1.165) is 25.5 Å². The lowest BCUT2D eigenvalue weighted by molar-refractivity contribution is -0.138. The van der Waals surface area contributed by atoms with Crippen LogP contribution in [0.15, 0.2) is 36.4 Å². The second-order valence-electron chi connectivity index (χ2n) is 10.2. The summed E-state index contributed by atoms with van der Waals surface area (Å²) in [5.41, 5.74) is -0.521. The van der Waals surface area contributed by atoms with E-state index in [2.05, 4.69) is 0 Å². The van der Waals surface area contributed by atoms with Crippen molar-refractivity contribution < 1.29 is 35.9 Å². The van der Waals surface area contributed by atoms with E-state index in [9.17, 15) is 31.2 Å². The number of benzene rings is 2. The Morgan fingerprint density at radius 2 is 1.67 bits per heavy atom. The first kappa shape index (κ1) is 32.2. The van der Waals surface area contributed by atoms with E-state index in [-0.39, 0.29) is 62.4 Å². The number of likely N-dealkylation sites (tertiary alicyclic amines) is 1. The molecule has 0 unspecified atom stereocenters. The van der Waals surface area contributed by atoms with Gasteiger partial charge in [-0.15, -0.1) is 0 Å². The first-order chi connectivity index (χ1) is 19.6. The summed E-state index contributed by atoms with van der Waals surface area (Å²) in [6.45, 7) is 2.91. The third-order valence-corrected chi connectivity index (χ3v) is 9.71. The molecule has 2 fully saturated rings. The third kappa shape index (κ3) is 6.74. The van der Waals surface area contributed by atoms with Gasteiger partial charge in [0.1, 0.15) is 5.75 Å². The van der Waals surface area contributed by atoms with Crippen molar-refractivity contribution in [3.05, 3.63) is 63.1 Å². The number of amides is 3. The lowest BCUT2D eigenvalue weighted by Gasteiger charge is -2.35.